The molecule has 0 aliphatic carbocycles. The lowest BCUT2D eigenvalue weighted by atomic mass is 10.1. The molecule has 0 unspecified atom stereocenters. The van der Waals surface area contributed by atoms with Gasteiger partial charge in [0.05, 0.1) is 32.5 Å². The summed E-state index contributed by atoms with van der Waals surface area (Å²) in [5.41, 5.74) is 5.42. The van der Waals surface area contributed by atoms with Crippen molar-refractivity contribution in [3.05, 3.63) is 17.8 Å². The molecule has 1 atom stereocenters. The molecule has 0 spiro atoms. The van der Waals surface area contributed by atoms with Crippen molar-refractivity contribution in [2.45, 2.75) is 38.3 Å². The standard InChI is InChI=1S/C19H24F2N6O3/c1-11-10-29-7-4-27(11)18-24-17(14-9-23-15(22)8-13(14)16(20)21)25-19(26-18)30-12-2-5-28-6-3-12/h8-9,11-12,16H,2-7,10H2,1H3,(H2,22,23)/t11-/m1/s1. The summed E-state index contributed by atoms with van der Waals surface area (Å²) < 4.78 is 44.1. The van der Waals surface area contributed by atoms with Crippen LogP contribution in [0.1, 0.15) is 31.8 Å². The Morgan fingerprint density at radius 1 is 1.17 bits per heavy atom. The first-order chi connectivity index (χ1) is 14.5. The summed E-state index contributed by atoms with van der Waals surface area (Å²) in [6.07, 6.45) is -0.195. The number of hydrogen-bond acceptors (Lipinski definition) is 9. The molecule has 2 aliphatic rings. The van der Waals surface area contributed by atoms with Crippen LogP contribution in [0, 0.1) is 0 Å². The minimum Gasteiger partial charge on any atom is -0.460 e. The summed E-state index contributed by atoms with van der Waals surface area (Å²) in [6.45, 7) is 4.77. The van der Waals surface area contributed by atoms with E-state index in [1.165, 1.54) is 6.20 Å². The highest BCUT2D eigenvalue weighted by Crippen LogP contribution is 2.32. The number of morpholine rings is 1. The minimum atomic E-state index is -2.76. The van der Waals surface area contributed by atoms with Crippen LogP contribution in [-0.2, 0) is 9.47 Å². The fraction of sp³-hybridized carbons (Fsp3) is 0.579. The third-order valence-electron chi connectivity index (χ3n) is 5.10. The summed E-state index contributed by atoms with van der Waals surface area (Å²) in [4.78, 5) is 19.2. The first-order valence-electron chi connectivity index (χ1n) is 9.90. The van der Waals surface area contributed by atoms with Gasteiger partial charge in [-0.2, -0.15) is 15.0 Å². The van der Waals surface area contributed by atoms with Gasteiger partial charge in [0.25, 0.3) is 6.43 Å². The second kappa shape index (κ2) is 9.00. The van der Waals surface area contributed by atoms with Crippen LogP contribution in [0.15, 0.2) is 12.3 Å². The van der Waals surface area contributed by atoms with Crippen LogP contribution in [0.25, 0.3) is 11.4 Å². The van der Waals surface area contributed by atoms with Crippen molar-refractivity contribution < 1.29 is 23.0 Å². The van der Waals surface area contributed by atoms with E-state index < -0.39 is 6.43 Å². The zero-order chi connectivity index (χ0) is 21.1. The topological polar surface area (TPSA) is 109 Å². The number of rotatable bonds is 5. The van der Waals surface area contributed by atoms with E-state index in [1.54, 1.807) is 0 Å². The van der Waals surface area contributed by atoms with Gasteiger partial charge >= 0.3 is 6.01 Å². The Morgan fingerprint density at radius 2 is 1.97 bits per heavy atom. The van der Waals surface area contributed by atoms with Gasteiger partial charge in [0.2, 0.25) is 5.95 Å². The number of anilines is 2. The number of halogens is 2. The van der Waals surface area contributed by atoms with E-state index in [1.807, 2.05) is 11.8 Å². The van der Waals surface area contributed by atoms with E-state index in [-0.39, 0.29) is 40.9 Å². The van der Waals surface area contributed by atoms with Gasteiger partial charge in [-0.25, -0.2) is 13.8 Å². The van der Waals surface area contributed by atoms with E-state index in [0.29, 0.717) is 51.8 Å². The van der Waals surface area contributed by atoms with Gasteiger partial charge in [0, 0.05) is 36.7 Å². The van der Waals surface area contributed by atoms with E-state index in [9.17, 15) is 8.78 Å². The SMILES string of the molecule is C[C@@H]1COCCN1c1nc(OC2CCOCC2)nc(-c2cnc(N)cc2C(F)F)n1. The molecular weight excluding hydrogens is 398 g/mol. The fourth-order valence-electron chi connectivity index (χ4n) is 3.47. The fourth-order valence-corrected chi connectivity index (χ4v) is 3.47. The summed E-state index contributed by atoms with van der Waals surface area (Å²) in [5, 5.41) is 0. The van der Waals surface area contributed by atoms with Gasteiger partial charge in [-0.1, -0.05) is 0 Å². The maximum atomic E-state index is 13.7. The zero-order valence-electron chi connectivity index (χ0n) is 16.6. The molecule has 0 saturated carbocycles. The van der Waals surface area contributed by atoms with Gasteiger partial charge in [-0.05, 0) is 13.0 Å². The van der Waals surface area contributed by atoms with E-state index in [4.69, 9.17) is 19.9 Å². The average molecular weight is 422 g/mol. The molecule has 2 N–H and O–H groups in total. The molecule has 0 radical (unpaired) electrons. The first kappa shape index (κ1) is 20.6. The number of nitrogens with two attached hydrogens (primary N) is 1. The molecule has 162 valence electrons. The Kier molecular flexibility index (Phi) is 6.18. The summed E-state index contributed by atoms with van der Waals surface area (Å²) in [5.74, 6) is 0.433. The molecule has 4 rings (SSSR count). The van der Waals surface area contributed by atoms with E-state index >= 15 is 0 Å². The maximum Gasteiger partial charge on any atom is 0.322 e. The van der Waals surface area contributed by atoms with Crippen LogP contribution in [0.3, 0.4) is 0 Å². The molecular formula is C19H24F2N6O3. The lowest BCUT2D eigenvalue weighted by molar-refractivity contribution is 0.0216. The molecule has 30 heavy (non-hydrogen) atoms. The second-order valence-corrected chi connectivity index (χ2v) is 7.29. The van der Waals surface area contributed by atoms with Crippen LogP contribution in [-0.4, -0.2) is 65.1 Å². The monoisotopic (exact) mass is 422 g/mol. The van der Waals surface area contributed by atoms with Crippen LogP contribution in [0.5, 0.6) is 6.01 Å². The molecule has 2 aromatic rings. The third kappa shape index (κ3) is 4.57. The van der Waals surface area contributed by atoms with Crippen molar-refractivity contribution in [2.75, 3.05) is 43.6 Å². The number of hydrogen-bond donors (Lipinski definition) is 1. The molecule has 2 fully saturated rings. The zero-order valence-corrected chi connectivity index (χ0v) is 16.6. The number of pyridine rings is 1. The van der Waals surface area contributed by atoms with Crippen LogP contribution >= 0.6 is 0 Å². The van der Waals surface area contributed by atoms with Gasteiger partial charge in [-0.3, -0.25) is 0 Å². The highest BCUT2D eigenvalue weighted by atomic mass is 19.3. The van der Waals surface area contributed by atoms with Gasteiger partial charge in [0.15, 0.2) is 5.82 Å². The Balaban J connectivity index is 1.75. The van der Waals surface area contributed by atoms with Crippen molar-refractivity contribution >= 4 is 11.8 Å². The van der Waals surface area contributed by atoms with E-state index in [0.717, 1.165) is 6.07 Å². The van der Waals surface area contributed by atoms with Gasteiger partial charge in [0.1, 0.15) is 11.9 Å². The smallest absolute Gasteiger partial charge is 0.322 e. The molecule has 2 aliphatic heterocycles. The lowest BCUT2D eigenvalue weighted by Crippen LogP contribution is -2.44. The van der Waals surface area contributed by atoms with Crippen LogP contribution in [0.4, 0.5) is 20.5 Å². The van der Waals surface area contributed by atoms with Gasteiger partial charge < -0.3 is 24.8 Å². The number of ether oxygens (including phenoxy) is 3. The predicted octanol–water partition coefficient (Wildman–Crippen LogP) is 2.24. The first-order valence-corrected chi connectivity index (χ1v) is 9.90. The normalized spacial score (nSPS) is 20.5. The van der Waals surface area contributed by atoms with Crippen LogP contribution in [0.2, 0.25) is 0 Å². The van der Waals surface area contributed by atoms with Gasteiger partial charge in [-0.15, -0.1) is 0 Å². The Labute approximate surface area is 172 Å². The molecule has 11 heteroatoms. The number of alkyl halides is 2. The third-order valence-corrected chi connectivity index (χ3v) is 5.10. The molecule has 4 heterocycles. The summed E-state index contributed by atoms with van der Waals surface area (Å²) >= 11 is 0. The van der Waals surface area contributed by atoms with Crippen molar-refractivity contribution in [3.63, 3.8) is 0 Å². The molecule has 2 aromatic heterocycles. The van der Waals surface area contributed by atoms with Crippen molar-refractivity contribution in [1.82, 2.24) is 19.9 Å². The number of nitrogens with zero attached hydrogens (tertiary/aromatic N) is 5. The average Bonchev–Trinajstić information content (AvgIpc) is 2.74. The second-order valence-electron chi connectivity index (χ2n) is 7.29. The number of aromatic nitrogens is 4. The Hall–Kier alpha value is -2.66. The van der Waals surface area contributed by atoms with Crippen molar-refractivity contribution in [1.29, 1.82) is 0 Å². The summed E-state index contributed by atoms with van der Waals surface area (Å²) in [6, 6.07) is 1.25. The quantitative estimate of drug-likeness (QED) is 0.776. The molecule has 9 nitrogen and oxygen atoms in total. The molecule has 0 bridgehead atoms. The highest BCUT2D eigenvalue weighted by Gasteiger charge is 2.26. The van der Waals surface area contributed by atoms with Crippen molar-refractivity contribution in [3.8, 4) is 17.4 Å². The van der Waals surface area contributed by atoms with Crippen molar-refractivity contribution in [2.24, 2.45) is 0 Å². The number of nitrogen functional groups attached to an aromatic ring is 1. The highest BCUT2D eigenvalue weighted by molar-refractivity contribution is 5.63. The minimum absolute atomic E-state index is 0.00353. The van der Waals surface area contributed by atoms with Crippen LogP contribution < -0.4 is 15.4 Å². The predicted molar refractivity (Wildman–Crippen MR) is 105 cm³/mol. The Morgan fingerprint density at radius 3 is 2.70 bits per heavy atom. The lowest BCUT2D eigenvalue weighted by Gasteiger charge is -2.33. The maximum absolute atomic E-state index is 13.7. The van der Waals surface area contributed by atoms with E-state index in [2.05, 4.69) is 19.9 Å². The largest absolute Gasteiger partial charge is 0.460 e. The Bertz CT molecular complexity index is 881. The molecule has 0 amide bonds. The molecule has 0 aromatic carbocycles. The summed E-state index contributed by atoms with van der Waals surface area (Å²) in [7, 11) is 0. The molecule has 2 saturated heterocycles.